The molecule has 0 saturated carbocycles. The Hall–Kier alpha value is -1.95. The number of carbonyl (C=O) groups is 1. The third-order valence-electron chi connectivity index (χ3n) is 3.92. The number of hydrogen-bond acceptors (Lipinski definition) is 4. The average molecular weight is 319 g/mol. The summed E-state index contributed by atoms with van der Waals surface area (Å²) in [6, 6.07) is 5.02. The molecule has 2 heterocycles. The number of piperidine rings is 1. The predicted octanol–water partition coefficient (Wildman–Crippen LogP) is 2.95. The number of aromatic nitrogens is 1. The lowest BCUT2D eigenvalue weighted by Crippen LogP contribution is -2.40. The molecule has 1 aliphatic heterocycles. The van der Waals surface area contributed by atoms with Crippen LogP contribution >= 0.6 is 11.3 Å². The third kappa shape index (κ3) is 2.97. The molecule has 1 saturated heterocycles. The van der Waals surface area contributed by atoms with E-state index in [9.17, 15) is 9.18 Å². The van der Waals surface area contributed by atoms with E-state index in [4.69, 9.17) is 0 Å². The van der Waals surface area contributed by atoms with E-state index in [1.54, 1.807) is 12.1 Å². The van der Waals surface area contributed by atoms with Crippen molar-refractivity contribution in [1.29, 1.82) is 0 Å². The van der Waals surface area contributed by atoms with Crippen LogP contribution < -0.4 is 10.2 Å². The summed E-state index contributed by atoms with van der Waals surface area (Å²) in [5.41, 5.74) is 0.438. The molecule has 1 amide bonds. The van der Waals surface area contributed by atoms with Gasteiger partial charge < -0.3 is 10.2 Å². The number of carbonyl (C=O) groups excluding carboxylic acids is 1. The maximum absolute atomic E-state index is 13.7. The second kappa shape index (κ2) is 6.44. The number of rotatable bonds is 4. The Morgan fingerprint density at radius 2 is 2.27 bits per heavy atom. The zero-order valence-corrected chi connectivity index (χ0v) is 13.0. The Labute approximate surface area is 132 Å². The molecule has 3 rings (SSSR count). The molecule has 4 nitrogen and oxygen atoms in total. The second-order valence-electron chi connectivity index (χ2n) is 5.38. The summed E-state index contributed by atoms with van der Waals surface area (Å²) in [4.78, 5) is 18.5. The smallest absolute Gasteiger partial charge is 0.223 e. The summed E-state index contributed by atoms with van der Waals surface area (Å²) >= 11 is 1.50. The highest BCUT2D eigenvalue weighted by molar-refractivity contribution is 7.22. The summed E-state index contributed by atoms with van der Waals surface area (Å²) in [6.45, 7) is 5.65. The number of nitrogens with one attached hydrogen (secondary N) is 1. The number of hydrogen-bond donors (Lipinski definition) is 1. The topological polar surface area (TPSA) is 45.2 Å². The van der Waals surface area contributed by atoms with E-state index in [2.05, 4.69) is 21.8 Å². The van der Waals surface area contributed by atoms with Crippen molar-refractivity contribution in [2.24, 2.45) is 5.92 Å². The van der Waals surface area contributed by atoms with E-state index < -0.39 is 0 Å². The minimum atomic E-state index is -0.279. The lowest BCUT2D eigenvalue weighted by atomic mass is 9.96. The standard InChI is InChI=1S/C16H18FN3OS/c1-2-8-18-15(21)11-6-9-20(10-7-11)16-19-14-12(17)4-3-5-13(14)22-16/h2-5,11H,1,6-10H2,(H,18,21). The van der Waals surface area contributed by atoms with Gasteiger partial charge in [-0.15, -0.1) is 6.58 Å². The fourth-order valence-electron chi connectivity index (χ4n) is 2.69. The minimum absolute atomic E-state index is 0.0438. The number of fused-ring (bicyclic) bond motifs is 1. The van der Waals surface area contributed by atoms with Gasteiger partial charge in [0, 0.05) is 25.6 Å². The molecule has 1 aromatic carbocycles. The van der Waals surface area contributed by atoms with Crippen molar-refractivity contribution < 1.29 is 9.18 Å². The molecule has 0 atom stereocenters. The third-order valence-corrected chi connectivity index (χ3v) is 5.00. The summed E-state index contributed by atoms with van der Waals surface area (Å²) in [5.74, 6) is -0.143. The number of para-hydroxylation sites is 1. The maximum Gasteiger partial charge on any atom is 0.223 e. The molecule has 1 aliphatic rings. The fraction of sp³-hybridized carbons (Fsp3) is 0.375. The Bertz CT molecular complexity index is 692. The van der Waals surface area contributed by atoms with Gasteiger partial charge in [-0.2, -0.15) is 0 Å². The van der Waals surface area contributed by atoms with Gasteiger partial charge in [0.1, 0.15) is 11.3 Å². The zero-order chi connectivity index (χ0) is 15.5. The molecule has 1 aromatic heterocycles. The van der Waals surface area contributed by atoms with Gasteiger partial charge in [0.25, 0.3) is 0 Å². The number of thiazole rings is 1. The van der Waals surface area contributed by atoms with Gasteiger partial charge in [0.2, 0.25) is 5.91 Å². The quantitative estimate of drug-likeness (QED) is 0.881. The first-order chi connectivity index (χ1) is 10.7. The molecule has 22 heavy (non-hydrogen) atoms. The average Bonchev–Trinajstić information content (AvgIpc) is 2.98. The van der Waals surface area contributed by atoms with Gasteiger partial charge in [-0.3, -0.25) is 4.79 Å². The van der Waals surface area contributed by atoms with Crippen LogP contribution in [0, 0.1) is 11.7 Å². The second-order valence-corrected chi connectivity index (χ2v) is 6.39. The highest BCUT2D eigenvalue weighted by Gasteiger charge is 2.26. The molecule has 0 spiro atoms. The lowest BCUT2D eigenvalue weighted by molar-refractivity contribution is -0.125. The van der Waals surface area contributed by atoms with Crippen LogP contribution in [0.1, 0.15) is 12.8 Å². The fourth-order valence-corrected chi connectivity index (χ4v) is 3.72. The van der Waals surface area contributed by atoms with Gasteiger partial charge >= 0.3 is 0 Å². The maximum atomic E-state index is 13.7. The van der Waals surface area contributed by atoms with Crippen molar-refractivity contribution in [1.82, 2.24) is 10.3 Å². The van der Waals surface area contributed by atoms with Crippen LogP contribution in [0.5, 0.6) is 0 Å². The summed E-state index contributed by atoms with van der Waals surface area (Å²) < 4.78 is 14.6. The summed E-state index contributed by atoms with van der Waals surface area (Å²) in [5, 5.41) is 3.69. The Morgan fingerprint density at radius 3 is 2.95 bits per heavy atom. The number of nitrogens with zero attached hydrogens (tertiary/aromatic N) is 2. The summed E-state index contributed by atoms with van der Waals surface area (Å²) in [6.07, 6.45) is 3.27. The largest absolute Gasteiger partial charge is 0.352 e. The Morgan fingerprint density at radius 1 is 1.50 bits per heavy atom. The molecule has 1 N–H and O–H groups in total. The molecular weight excluding hydrogens is 301 g/mol. The van der Waals surface area contributed by atoms with E-state index in [0.717, 1.165) is 35.8 Å². The van der Waals surface area contributed by atoms with E-state index in [1.165, 1.54) is 17.4 Å². The van der Waals surface area contributed by atoms with Crippen molar-refractivity contribution in [3.05, 3.63) is 36.7 Å². The monoisotopic (exact) mass is 319 g/mol. The molecule has 0 unspecified atom stereocenters. The van der Waals surface area contributed by atoms with Crippen molar-refractivity contribution >= 4 is 32.6 Å². The van der Waals surface area contributed by atoms with Crippen LogP contribution in [-0.2, 0) is 4.79 Å². The molecule has 0 aliphatic carbocycles. The van der Waals surface area contributed by atoms with E-state index >= 15 is 0 Å². The van der Waals surface area contributed by atoms with Gasteiger partial charge in [-0.25, -0.2) is 9.37 Å². The van der Waals surface area contributed by atoms with Crippen molar-refractivity contribution in [3.8, 4) is 0 Å². The number of anilines is 1. The van der Waals surface area contributed by atoms with Crippen LogP contribution in [0.2, 0.25) is 0 Å². The first-order valence-electron chi connectivity index (χ1n) is 7.37. The first-order valence-corrected chi connectivity index (χ1v) is 8.19. The number of amides is 1. The van der Waals surface area contributed by atoms with Crippen LogP contribution in [0.4, 0.5) is 9.52 Å². The predicted molar refractivity (Wildman–Crippen MR) is 87.7 cm³/mol. The van der Waals surface area contributed by atoms with E-state index in [0.29, 0.717) is 12.1 Å². The molecular formula is C16H18FN3OS. The summed E-state index contributed by atoms with van der Waals surface area (Å²) in [7, 11) is 0. The lowest BCUT2D eigenvalue weighted by Gasteiger charge is -2.30. The minimum Gasteiger partial charge on any atom is -0.352 e. The van der Waals surface area contributed by atoms with Gasteiger partial charge in [-0.05, 0) is 25.0 Å². The molecule has 1 fully saturated rings. The van der Waals surface area contributed by atoms with Crippen LogP contribution in [0.15, 0.2) is 30.9 Å². The molecule has 0 radical (unpaired) electrons. The first kappa shape index (κ1) is 15.0. The van der Waals surface area contributed by atoms with Crippen LogP contribution in [0.3, 0.4) is 0 Å². The van der Waals surface area contributed by atoms with E-state index in [-0.39, 0.29) is 17.6 Å². The van der Waals surface area contributed by atoms with Gasteiger partial charge in [0.15, 0.2) is 5.13 Å². The highest BCUT2D eigenvalue weighted by Crippen LogP contribution is 2.32. The SMILES string of the molecule is C=CCNC(=O)C1CCN(c2nc3c(F)cccc3s2)CC1. The Kier molecular flexibility index (Phi) is 4.38. The molecule has 6 heteroatoms. The number of benzene rings is 1. The molecule has 0 bridgehead atoms. The number of halogens is 1. The molecule has 116 valence electrons. The van der Waals surface area contributed by atoms with Crippen molar-refractivity contribution in [3.63, 3.8) is 0 Å². The highest BCUT2D eigenvalue weighted by atomic mass is 32.1. The van der Waals surface area contributed by atoms with Crippen molar-refractivity contribution in [2.45, 2.75) is 12.8 Å². The van der Waals surface area contributed by atoms with E-state index in [1.807, 2.05) is 6.07 Å². The van der Waals surface area contributed by atoms with Gasteiger partial charge in [0.05, 0.1) is 4.70 Å². The normalized spacial score (nSPS) is 16.0. The van der Waals surface area contributed by atoms with Crippen LogP contribution in [0.25, 0.3) is 10.2 Å². The van der Waals surface area contributed by atoms with Crippen molar-refractivity contribution in [2.75, 3.05) is 24.5 Å². The Balaban J connectivity index is 1.66. The zero-order valence-electron chi connectivity index (χ0n) is 12.2. The molecule has 2 aromatic rings. The van der Waals surface area contributed by atoms with Gasteiger partial charge in [-0.1, -0.05) is 23.5 Å². The van der Waals surface area contributed by atoms with Crippen LogP contribution in [-0.4, -0.2) is 30.5 Å².